The summed E-state index contributed by atoms with van der Waals surface area (Å²) in [5, 5.41) is 0.328. The van der Waals surface area contributed by atoms with E-state index in [1.165, 1.54) is 11.0 Å². The first kappa shape index (κ1) is 14.9. The molecule has 0 unspecified atom stereocenters. The van der Waals surface area contributed by atoms with Crippen molar-refractivity contribution in [1.82, 2.24) is 9.62 Å². The van der Waals surface area contributed by atoms with Gasteiger partial charge in [-0.25, -0.2) is 13.1 Å². The third-order valence-electron chi connectivity index (χ3n) is 1.80. The van der Waals surface area contributed by atoms with Gasteiger partial charge in [-0.3, -0.25) is 4.79 Å². The fraction of sp³-hybridized carbons (Fsp3) is 0.375. The summed E-state index contributed by atoms with van der Waals surface area (Å²) in [6, 6.07) is 1.33. The van der Waals surface area contributed by atoms with Crippen LogP contribution in [0.25, 0.3) is 0 Å². The highest BCUT2D eigenvalue weighted by molar-refractivity contribution is 9.11. The maximum Gasteiger partial charge on any atom is 0.250 e. The van der Waals surface area contributed by atoms with Gasteiger partial charge in [0, 0.05) is 14.1 Å². The summed E-state index contributed by atoms with van der Waals surface area (Å²) in [6.07, 6.45) is 0. The zero-order valence-corrected chi connectivity index (χ0v) is 13.0. The number of nitrogens with one attached hydrogen (secondary N) is 1. The molecule has 0 radical (unpaired) electrons. The number of sulfonamides is 1. The molecule has 0 aromatic carbocycles. The number of likely N-dealkylation sites (N-methyl/N-ethyl adjacent to an activating group) is 1. The van der Waals surface area contributed by atoms with Crippen LogP contribution >= 0.6 is 38.9 Å². The first-order valence-electron chi connectivity index (χ1n) is 4.38. The number of rotatable bonds is 4. The Morgan fingerprint density at radius 1 is 1.59 bits per heavy atom. The lowest BCUT2D eigenvalue weighted by Crippen LogP contribution is -2.35. The van der Waals surface area contributed by atoms with Crippen LogP contribution < -0.4 is 4.72 Å². The molecule has 5 nitrogen and oxygen atoms in total. The van der Waals surface area contributed by atoms with Gasteiger partial charge in [-0.2, -0.15) is 0 Å². The van der Waals surface area contributed by atoms with Gasteiger partial charge in [-0.1, -0.05) is 11.6 Å². The summed E-state index contributed by atoms with van der Waals surface area (Å²) >= 11 is 9.87. The van der Waals surface area contributed by atoms with E-state index >= 15 is 0 Å². The minimum absolute atomic E-state index is 0.0703. The second-order valence-corrected chi connectivity index (χ2v) is 8.07. The maximum absolute atomic E-state index is 11.8. The normalized spacial score (nSPS) is 11.5. The lowest BCUT2D eigenvalue weighted by atomic mass is 10.6. The predicted octanol–water partition coefficient (Wildman–Crippen LogP) is 1.53. The van der Waals surface area contributed by atoms with E-state index in [4.69, 9.17) is 11.6 Å². The smallest absolute Gasteiger partial charge is 0.250 e. The molecule has 17 heavy (non-hydrogen) atoms. The van der Waals surface area contributed by atoms with Crippen LogP contribution in [0.15, 0.2) is 14.1 Å². The third kappa shape index (κ3) is 3.92. The second kappa shape index (κ2) is 5.66. The summed E-state index contributed by atoms with van der Waals surface area (Å²) in [6.45, 7) is -0.275. The van der Waals surface area contributed by atoms with Gasteiger partial charge < -0.3 is 4.90 Å². The lowest BCUT2D eigenvalue weighted by Gasteiger charge is -2.10. The highest BCUT2D eigenvalue weighted by Gasteiger charge is 2.20. The monoisotopic (exact) mass is 360 g/mol. The van der Waals surface area contributed by atoms with Crippen molar-refractivity contribution in [3.05, 3.63) is 14.9 Å². The quantitative estimate of drug-likeness (QED) is 0.884. The Morgan fingerprint density at radius 3 is 2.59 bits per heavy atom. The summed E-state index contributed by atoms with van der Waals surface area (Å²) in [5.41, 5.74) is 0. The van der Waals surface area contributed by atoms with Gasteiger partial charge in [0.1, 0.15) is 4.21 Å². The Balaban J connectivity index is 2.79. The van der Waals surface area contributed by atoms with Crippen LogP contribution in [0.1, 0.15) is 0 Å². The topological polar surface area (TPSA) is 66.5 Å². The summed E-state index contributed by atoms with van der Waals surface area (Å²) in [5.74, 6) is -0.324. The molecule has 1 amide bonds. The Labute approximate surface area is 117 Å². The molecule has 0 aliphatic carbocycles. The molecule has 0 bridgehead atoms. The van der Waals surface area contributed by atoms with Crippen molar-refractivity contribution in [2.24, 2.45) is 0 Å². The molecule has 0 atom stereocenters. The zero-order valence-electron chi connectivity index (χ0n) is 9.03. The molecule has 1 rings (SSSR count). The minimum atomic E-state index is -3.68. The molecule has 9 heteroatoms. The number of thiophene rings is 1. The van der Waals surface area contributed by atoms with Crippen LogP contribution in [0.4, 0.5) is 0 Å². The molecule has 1 heterocycles. The fourth-order valence-electron chi connectivity index (χ4n) is 0.845. The number of hydrogen-bond acceptors (Lipinski definition) is 4. The highest BCUT2D eigenvalue weighted by atomic mass is 79.9. The molecule has 1 aromatic heterocycles. The van der Waals surface area contributed by atoms with Gasteiger partial charge in [-0.05, 0) is 22.0 Å². The molecule has 0 aliphatic rings. The Hall–Kier alpha value is -0.150. The van der Waals surface area contributed by atoms with Crippen LogP contribution in [-0.4, -0.2) is 39.9 Å². The fourth-order valence-corrected chi connectivity index (χ4v) is 4.26. The van der Waals surface area contributed by atoms with E-state index in [9.17, 15) is 13.2 Å². The minimum Gasteiger partial charge on any atom is -0.348 e. The Kier molecular flexibility index (Phi) is 4.96. The van der Waals surface area contributed by atoms with Crippen molar-refractivity contribution in [3.63, 3.8) is 0 Å². The molecular formula is C8H10BrClN2O3S2. The number of carbonyl (C=O) groups is 1. The molecule has 0 aliphatic heterocycles. The largest absolute Gasteiger partial charge is 0.348 e. The predicted molar refractivity (Wildman–Crippen MR) is 70.9 cm³/mol. The van der Waals surface area contributed by atoms with Crippen molar-refractivity contribution < 1.29 is 13.2 Å². The molecule has 0 saturated carbocycles. The maximum atomic E-state index is 11.8. The molecule has 1 N–H and O–H groups in total. The third-order valence-corrected chi connectivity index (χ3v) is 6.15. The molecule has 96 valence electrons. The summed E-state index contributed by atoms with van der Waals surface area (Å²) < 4.78 is 26.4. The number of nitrogens with zero attached hydrogens (tertiary/aromatic N) is 1. The summed E-state index contributed by atoms with van der Waals surface area (Å²) in [4.78, 5) is 12.6. The zero-order chi connectivity index (χ0) is 13.2. The van der Waals surface area contributed by atoms with Crippen LogP contribution in [0.5, 0.6) is 0 Å². The van der Waals surface area contributed by atoms with Crippen LogP contribution in [0.3, 0.4) is 0 Å². The van der Waals surface area contributed by atoms with E-state index < -0.39 is 10.0 Å². The van der Waals surface area contributed by atoms with Crippen molar-refractivity contribution in [2.45, 2.75) is 4.21 Å². The van der Waals surface area contributed by atoms with Crippen molar-refractivity contribution in [3.8, 4) is 0 Å². The molecule has 0 spiro atoms. The number of hydrogen-bond donors (Lipinski definition) is 1. The van der Waals surface area contributed by atoms with Crippen molar-refractivity contribution in [1.29, 1.82) is 0 Å². The molecular weight excluding hydrogens is 352 g/mol. The van der Waals surface area contributed by atoms with E-state index in [2.05, 4.69) is 20.7 Å². The van der Waals surface area contributed by atoms with Crippen molar-refractivity contribution in [2.75, 3.05) is 20.6 Å². The van der Waals surface area contributed by atoms with E-state index in [0.717, 1.165) is 11.3 Å². The lowest BCUT2D eigenvalue weighted by molar-refractivity contribution is -0.127. The highest BCUT2D eigenvalue weighted by Crippen LogP contribution is 2.34. The Morgan fingerprint density at radius 2 is 2.18 bits per heavy atom. The van der Waals surface area contributed by atoms with Gasteiger partial charge in [-0.15, -0.1) is 11.3 Å². The van der Waals surface area contributed by atoms with Gasteiger partial charge in [0.25, 0.3) is 10.0 Å². The van der Waals surface area contributed by atoms with Crippen molar-refractivity contribution >= 4 is 54.8 Å². The number of amides is 1. The van der Waals surface area contributed by atoms with Crippen LogP contribution in [0.2, 0.25) is 5.02 Å². The molecule has 0 fully saturated rings. The average molecular weight is 362 g/mol. The van der Waals surface area contributed by atoms with Crippen LogP contribution in [-0.2, 0) is 14.8 Å². The van der Waals surface area contributed by atoms with Gasteiger partial charge >= 0.3 is 0 Å². The second-order valence-electron chi connectivity index (χ2n) is 3.30. The number of carbonyl (C=O) groups excluding carboxylic acids is 1. The van der Waals surface area contributed by atoms with Gasteiger partial charge in [0.15, 0.2) is 0 Å². The molecule has 0 saturated heterocycles. The van der Waals surface area contributed by atoms with E-state index in [1.807, 2.05) is 0 Å². The van der Waals surface area contributed by atoms with Gasteiger partial charge in [0.05, 0.1) is 15.4 Å². The van der Waals surface area contributed by atoms with Crippen LogP contribution in [0, 0.1) is 0 Å². The number of halogens is 2. The molecule has 1 aromatic rings. The van der Waals surface area contributed by atoms with Gasteiger partial charge in [0.2, 0.25) is 5.91 Å². The Bertz CT molecular complexity index is 507. The first-order chi connectivity index (χ1) is 7.74. The van der Waals surface area contributed by atoms with E-state index in [0.29, 0.717) is 8.81 Å². The van der Waals surface area contributed by atoms with E-state index in [-0.39, 0.29) is 16.7 Å². The standard InChI is InChI=1S/C8H10BrClN2O3S2/c1-12(2)6(13)4-11-17(14,15)7-3-5(10)8(9)16-7/h3,11H,4H2,1-2H3. The average Bonchev–Trinajstić information content (AvgIpc) is 2.56. The van der Waals surface area contributed by atoms with E-state index in [1.54, 1.807) is 14.1 Å². The first-order valence-corrected chi connectivity index (χ1v) is 7.86. The SMILES string of the molecule is CN(C)C(=O)CNS(=O)(=O)c1cc(Cl)c(Br)s1. The summed E-state index contributed by atoms with van der Waals surface area (Å²) in [7, 11) is -0.582.